The first-order valence-corrected chi connectivity index (χ1v) is 6.93. The summed E-state index contributed by atoms with van der Waals surface area (Å²) in [7, 11) is 1.51. The maximum absolute atomic E-state index is 12.0. The summed E-state index contributed by atoms with van der Waals surface area (Å²) in [6, 6.07) is 0. The van der Waals surface area contributed by atoms with Crippen molar-refractivity contribution in [3.63, 3.8) is 0 Å². The fraction of sp³-hybridized carbons (Fsp3) is 0.714. The van der Waals surface area contributed by atoms with Crippen LogP contribution in [0.3, 0.4) is 0 Å². The lowest BCUT2D eigenvalue weighted by molar-refractivity contribution is 0.0609. The lowest BCUT2D eigenvalue weighted by atomic mass is 10.1. The third kappa shape index (κ3) is 4.94. The van der Waals surface area contributed by atoms with Gasteiger partial charge in [0.05, 0.1) is 24.5 Å². The number of ether oxygens (including phenoxy) is 1. The fourth-order valence-corrected chi connectivity index (χ4v) is 1.83. The first-order valence-electron chi connectivity index (χ1n) is 6.93. The number of aryl methyl sites for hydroxylation is 1. The summed E-state index contributed by atoms with van der Waals surface area (Å²) in [6.45, 7) is 7.38. The van der Waals surface area contributed by atoms with Crippen molar-refractivity contribution < 1.29 is 14.6 Å². The van der Waals surface area contributed by atoms with E-state index in [1.54, 1.807) is 6.20 Å². The molecule has 0 aliphatic heterocycles. The van der Waals surface area contributed by atoms with Crippen LogP contribution >= 0.6 is 0 Å². The predicted octanol–water partition coefficient (Wildman–Crippen LogP) is 0.975. The van der Waals surface area contributed by atoms with Gasteiger partial charge in [-0.15, -0.1) is 0 Å². The van der Waals surface area contributed by atoms with Crippen molar-refractivity contribution >= 4 is 5.91 Å². The number of rotatable bonds is 8. The third-order valence-corrected chi connectivity index (χ3v) is 3.12. The highest BCUT2D eigenvalue weighted by Gasteiger charge is 2.15. The van der Waals surface area contributed by atoms with Crippen molar-refractivity contribution in [1.29, 1.82) is 0 Å². The Balaban J connectivity index is 2.56. The van der Waals surface area contributed by atoms with E-state index >= 15 is 0 Å². The van der Waals surface area contributed by atoms with Crippen LogP contribution in [0, 0.1) is 12.8 Å². The zero-order valence-corrected chi connectivity index (χ0v) is 12.7. The molecule has 0 saturated heterocycles. The van der Waals surface area contributed by atoms with Gasteiger partial charge >= 0.3 is 0 Å². The number of hydrogen-bond acceptors (Lipinski definition) is 4. The smallest absolute Gasteiger partial charge is 0.254 e. The average molecular weight is 283 g/mol. The molecule has 6 heteroatoms. The number of aliphatic hydroxyl groups is 1. The zero-order valence-electron chi connectivity index (χ0n) is 12.7. The minimum atomic E-state index is -0.694. The van der Waals surface area contributed by atoms with E-state index in [4.69, 9.17) is 4.74 Å². The van der Waals surface area contributed by atoms with Crippen LogP contribution < -0.4 is 5.32 Å². The summed E-state index contributed by atoms with van der Waals surface area (Å²) >= 11 is 0. The lowest BCUT2D eigenvalue weighted by Crippen LogP contribution is -2.34. The van der Waals surface area contributed by atoms with Crippen molar-refractivity contribution in [3.05, 3.63) is 17.5 Å². The minimum Gasteiger partial charge on any atom is -0.389 e. The molecule has 0 aromatic carbocycles. The Morgan fingerprint density at radius 1 is 1.55 bits per heavy atom. The highest BCUT2D eigenvalue weighted by Crippen LogP contribution is 2.10. The summed E-state index contributed by atoms with van der Waals surface area (Å²) in [5.41, 5.74) is 1.41. The monoisotopic (exact) mass is 283 g/mol. The van der Waals surface area contributed by atoms with Gasteiger partial charge in [0.1, 0.15) is 0 Å². The Morgan fingerprint density at radius 2 is 2.25 bits per heavy atom. The molecule has 1 atom stereocenters. The summed E-state index contributed by atoms with van der Waals surface area (Å²) in [5, 5.41) is 16.4. The number of carbonyl (C=O) groups is 1. The number of aromatic nitrogens is 2. The molecular weight excluding hydrogens is 258 g/mol. The van der Waals surface area contributed by atoms with Crippen molar-refractivity contribution in [2.24, 2.45) is 5.92 Å². The average Bonchev–Trinajstić information content (AvgIpc) is 2.75. The molecule has 0 radical (unpaired) electrons. The molecule has 0 fully saturated rings. The van der Waals surface area contributed by atoms with Crippen molar-refractivity contribution in [2.45, 2.75) is 39.8 Å². The second kappa shape index (κ2) is 8.01. The second-order valence-corrected chi connectivity index (χ2v) is 5.37. The maximum atomic E-state index is 12.0. The van der Waals surface area contributed by atoms with Crippen LogP contribution in [-0.4, -0.2) is 47.2 Å². The van der Waals surface area contributed by atoms with Gasteiger partial charge in [-0.3, -0.25) is 9.48 Å². The molecule has 0 aliphatic rings. The highest BCUT2D eigenvalue weighted by atomic mass is 16.5. The van der Waals surface area contributed by atoms with Crippen LogP contribution in [0.15, 0.2) is 6.20 Å². The van der Waals surface area contributed by atoms with E-state index in [1.165, 1.54) is 7.11 Å². The van der Waals surface area contributed by atoms with Crippen LogP contribution in [0.1, 0.15) is 36.3 Å². The van der Waals surface area contributed by atoms with Gasteiger partial charge in [-0.1, -0.05) is 13.8 Å². The lowest BCUT2D eigenvalue weighted by Gasteiger charge is -2.11. The van der Waals surface area contributed by atoms with E-state index < -0.39 is 6.10 Å². The van der Waals surface area contributed by atoms with E-state index in [2.05, 4.69) is 24.3 Å². The third-order valence-electron chi connectivity index (χ3n) is 3.12. The molecule has 2 N–H and O–H groups in total. The molecule has 0 bridgehead atoms. The van der Waals surface area contributed by atoms with E-state index in [9.17, 15) is 9.90 Å². The second-order valence-electron chi connectivity index (χ2n) is 5.37. The van der Waals surface area contributed by atoms with Crippen LogP contribution in [0.5, 0.6) is 0 Å². The van der Waals surface area contributed by atoms with Crippen LogP contribution in [0.4, 0.5) is 0 Å². The largest absolute Gasteiger partial charge is 0.389 e. The van der Waals surface area contributed by atoms with Crippen molar-refractivity contribution in [2.75, 3.05) is 20.3 Å². The van der Waals surface area contributed by atoms with Gasteiger partial charge in [-0.2, -0.15) is 5.10 Å². The van der Waals surface area contributed by atoms with Crippen molar-refractivity contribution in [3.8, 4) is 0 Å². The van der Waals surface area contributed by atoms with Gasteiger partial charge in [0.2, 0.25) is 0 Å². The number of carbonyl (C=O) groups excluding carboxylic acids is 1. The number of methoxy groups -OCH3 is 1. The van der Waals surface area contributed by atoms with Gasteiger partial charge in [-0.05, 0) is 19.3 Å². The van der Waals surface area contributed by atoms with E-state index in [0.29, 0.717) is 11.5 Å². The Morgan fingerprint density at radius 3 is 2.85 bits per heavy atom. The number of nitrogens with one attached hydrogen (secondary N) is 1. The maximum Gasteiger partial charge on any atom is 0.254 e. The Hall–Kier alpha value is -1.40. The standard InChI is InChI=1S/C14H25N3O3/c1-10(2)5-6-17-11(3)13(8-16-17)14(19)15-7-12(18)9-20-4/h8,10,12,18H,5-7,9H2,1-4H3,(H,15,19). The first kappa shape index (κ1) is 16.7. The molecule has 20 heavy (non-hydrogen) atoms. The Bertz CT molecular complexity index is 429. The van der Waals surface area contributed by atoms with E-state index in [0.717, 1.165) is 18.7 Å². The van der Waals surface area contributed by atoms with Crippen molar-refractivity contribution in [1.82, 2.24) is 15.1 Å². The first-order chi connectivity index (χ1) is 9.45. The van der Waals surface area contributed by atoms with Gasteiger partial charge in [0, 0.05) is 25.9 Å². The van der Waals surface area contributed by atoms with Crippen LogP contribution in [-0.2, 0) is 11.3 Å². The fourth-order valence-electron chi connectivity index (χ4n) is 1.83. The molecule has 0 spiro atoms. The normalized spacial score (nSPS) is 12.7. The molecule has 0 aliphatic carbocycles. The van der Waals surface area contributed by atoms with Gasteiger partial charge in [-0.25, -0.2) is 0 Å². The predicted molar refractivity (Wildman–Crippen MR) is 76.6 cm³/mol. The molecule has 1 heterocycles. The van der Waals surface area contributed by atoms with Crippen LogP contribution in [0.2, 0.25) is 0 Å². The number of hydrogen-bond donors (Lipinski definition) is 2. The summed E-state index contributed by atoms with van der Waals surface area (Å²) < 4.78 is 6.65. The topological polar surface area (TPSA) is 76.4 Å². The Kier molecular flexibility index (Phi) is 6.67. The van der Waals surface area contributed by atoms with Crippen LogP contribution in [0.25, 0.3) is 0 Å². The number of nitrogens with zero attached hydrogens (tertiary/aromatic N) is 2. The van der Waals surface area contributed by atoms with Gasteiger partial charge < -0.3 is 15.2 Å². The summed E-state index contributed by atoms with van der Waals surface area (Å²) in [4.78, 5) is 12.0. The number of amides is 1. The summed E-state index contributed by atoms with van der Waals surface area (Å²) in [6.07, 6.45) is 1.91. The highest BCUT2D eigenvalue weighted by molar-refractivity contribution is 5.95. The molecule has 0 saturated carbocycles. The molecular formula is C14H25N3O3. The van der Waals surface area contributed by atoms with E-state index in [1.807, 2.05) is 11.6 Å². The minimum absolute atomic E-state index is 0.170. The quantitative estimate of drug-likeness (QED) is 0.745. The Labute approximate surface area is 120 Å². The zero-order chi connectivity index (χ0) is 15.1. The molecule has 1 unspecified atom stereocenters. The van der Waals surface area contributed by atoms with Gasteiger partial charge in [0.25, 0.3) is 5.91 Å². The molecule has 1 amide bonds. The SMILES string of the molecule is COCC(O)CNC(=O)c1cnn(CCC(C)C)c1C. The molecule has 1 rings (SSSR count). The summed E-state index contributed by atoms with van der Waals surface area (Å²) in [5.74, 6) is 0.383. The molecule has 114 valence electrons. The van der Waals surface area contributed by atoms with Gasteiger partial charge in [0.15, 0.2) is 0 Å². The van der Waals surface area contributed by atoms with E-state index in [-0.39, 0.29) is 19.1 Å². The molecule has 1 aromatic rings. The molecule has 1 aromatic heterocycles. The number of aliphatic hydroxyl groups excluding tert-OH is 1. The molecule has 6 nitrogen and oxygen atoms in total.